The van der Waals surface area contributed by atoms with Crippen molar-refractivity contribution in [2.75, 3.05) is 0 Å². The van der Waals surface area contributed by atoms with Crippen LogP contribution in [-0.2, 0) is 25.7 Å². The SMILES string of the molecule is O=C1c2ccccc2C(=O)N1Sc1cc2c(O)cc1CCc1ccc(cc1)CC2. The van der Waals surface area contributed by atoms with Crippen LogP contribution in [0.5, 0.6) is 5.75 Å². The van der Waals surface area contributed by atoms with E-state index < -0.39 is 0 Å². The highest BCUT2D eigenvalue weighted by molar-refractivity contribution is 7.98. The predicted octanol–water partition coefficient (Wildman–Crippen LogP) is 4.58. The van der Waals surface area contributed by atoms with Crippen molar-refractivity contribution in [2.24, 2.45) is 0 Å². The van der Waals surface area contributed by atoms with Gasteiger partial charge in [0.1, 0.15) is 5.75 Å². The molecule has 4 bridgehead atoms. The topological polar surface area (TPSA) is 57.6 Å². The number of aromatic hydroxyl groups is 1. The van der Waals surface area contributed by atoms with E-state index in [1.54, 1.807) is 30.3 Å². The van der Waals surface area contributed by atoms with Crippen molar-refractivity contribution in [1.82, 2.24) is 4.31 Å². The van der Waals surface area contributed by atoms with Crippen molar-refractivity contribution in [3.05, 3.63) is 94.0 Å². The highest BCUT2D eigenvalue weighted by Gasteiger charge is 2.36. The molecule has 29 heavy (non-hydrogen) atoms. The Bertz CT molecular complexity index is 1100. The monoisotopic (exact) mass is 401 g/mol. The molecule has 4 aliphatic carbocycles. The Morgan fingerprint density at radius 2 is 1.28 bits per heavy atom. The predicted molar refractivity (Wildman–Crippen MR) is 112 cm³/mol. The molecular formula is C24H19NO3S. The summed E-state index contributed by atoms with van der Waals surface area (Å²) in [7, 11) is 0. The van der Waals surface area contributed by atoms with Gasteiger partial charge in [0.25, 0.3) is 11.8 Å². The second-order valence-corrected chi connectivity index (χ2v) is 8.43. The number of benzene rings is 3. The summed E-state index contributed by atoms with van der Waals surface area (Å²) in [6, 6.07) is 19.3. The largest absolute Gasteiger partial charge is 0.508 e. The van der Waals surface area contributed by atoms with Gasteiger partial charge in [0, 0.05) is 4.90 Å². The van der Waals surface area contributed by atoms with Gasteiger partial charge in [-0.25, -0.2) is 4.31 Å². The number of imide groups is 1. The van der Waals surface area contributed by atoms with E-state index in [1.807, 2.05) is 6.07 Å². The van der Waals surface area contributed by atoms with Crippen LogP contribution >= 0.6 is 11.9 Å². The van der Waals surface area contributed by atoms with Crippen LogP contribution < -0.4 is 0 Å². The minimum atomic E-state index is -0.285. The number of hydrogen-bond acceptors (Lipinski definition) is 4. The number of hydrogen-bond donors (Lipinski definition) is 1. The summed E-state index contributed by atoms with van der Waals surface area (Å²) >= 11 is 1.17. The number of carbonyl (C=O) groups is 2. The Morgan fingerprint density at radius 3 is 1.86 bits per heavy atom. The fraction of sp³-hybridized carbons (Fsp3) is 0.167. The molecule has 0 saturated carbocycles. The summed E-state index contributed by atoms with van der Waals surface area (Å²) in [6.45, 7) is 0. The van der Waals surface area contributed by atoms with Gasteiger partial charge in [-0.1, -0.05) is 36.4 Å². The summed E-state index contributed by atoms with van der Waals surface area (Å²) in [5, 5.41) is 10.5. The third-order valence-corrected chi connectivity index (χ3v) is 6.69. The summed E-state index contributed by atoms with van der Waals surface area (Å²) < 4.78 is 1.24. The Balaban J connectivity index is 1.51. The number of rotatable bonds is 2. The lowest BCUT2D eigenvalue weighted by Crippen LogP contribution is -2.22. The van der Waals surface area contributed by atoms with Crippen molar-refractivity contribution in [1.29, 1.82) is 0 Å². The fourth-order valence-corrected chi connectivity index (χ4v) is 4.95. The highest BCUT2D eigenvalue weighted by Crippen LogP contribution is 2.37. The number of aryl methyl sites for hydroxylation is 4. The Labute approximate surface area is 173 Å². The van der Waals surface area contributed by atoms with Gasteiger partial charge in [-0.05, 0) is 84.2 Å². The molecule has 0 saturated heterocycles. The third kappa shape index (κ3) is 3.21. The Hall–Kier alpha value is -3.05. The van der Waals surface area contributed by atoms with Crippen molar-refractivity contribution in [3.8, 4) is 5.75 Å². The molecule has 0 radical (unpaired) electrons. The molecule has 1 heterocycles. The zero-order valence-electron chi connectivity index (χ0n) is 15.7. The first-order valence-electron chi connectivity index (χ1n) is 9.68. The van der Waals surface area contributed by atoms with E-state index in [0.29, 0.717) is 17.5 Å². The molecule has 0 aromatic heterocycles. The van der Waals surface area contributed by atoms with Gasteiger partial charge in [0.15, 0.2) is 0 Å². The van der Waals surface area contributed by atoms with Crippen molar-refractivity contribution in [2.45, 2.75) is 30.6 Å². The molecule has 1 aliphatic heterocycles. The van der Waals surface area contributed by atoms with E-state index in [4.69, 9.17) is 0 Å². The molecule has 0 unspecified atom stereocenters. The Morgan fingerprint density at radius 1 is 0.724 bits per heavy atom. The molecular weight excluding hydrogens is 382 g/mol. The molecule has 8 rings (SSSR count). The molecule has 3 aromatic carbocycles. The molecule has 0 spiro atoms. The minimum Gasteiger partial charge on any atom is -0.508 e. The maximum Gasteiger partial charge on any atom is 0.272 e. The van der Waals surface area contributed by atoms with Crippen molar-refractivity contribution >= 4 is 23.8 Å². The zero-order valence-corrected chi connectivity index (χ0v) is 16.5. The van der Waals surface area contributed by atoms with Crippen molar-refractivity contribution in [3.63, 3.8) is 0 Å². The first-order valence-corrected chi connectivity index (χ1v) is 10.5. The van der Waals surface area contributed by atoms with Gasteiger partial charge in [-0.2, -0.15) is 0 Å². The van der Waals surface area contributed by atoms with Gasteiger partial charge in [-0.3, -0.25) is 9.59 Å². The zero-order chi connectivity index (χ0) is 20.0. The fourth-order valence-electron chi connectivity index (χ4n) is 3.91. The second kappa shape index (κ2) is 7.08. The molecule has 5 heteroatoms. The molecule has 1 N–H and O–H groups in total. The number of amides is 2. The van der Waals surface area contributed by atoms with Crippen LogP contribution in [0.25, 0.3) is 0 Å². The second-order valence-electron chi connectivity index (χ2n) is 7.45. The van der Waals surface area contributed by atoms with Gasteiger partial charge >= 0.3 is 0 Å². The number of nitrogens with zero attached hydrogens (tertiary/aromatic N) is 1. The lowest BCUT2D eigenvalue weighted by molar-refractivity contribution is 0.0777. The number of phenolic OH excluding ortho intramolecular Hbond substituents is 1. The Kier molecular flexibility index (Phi) is 4.40. The molecule has 5 aliphatic rings. The van der Waals surface area contributed by atoms with Gasteiger partial charge in [0.05, 0.1) is 11.1 Å². The quantitative estimate of drug-likeness (QED) is 0.504. The summed E-state index contributed by atoms with van der Waals surface area (Å²) in [6.07, 6.45) is 3.07. The van der Waals surface area contributed by atoms with E-state index in [1.165, 1.54) is 27.4 Å². The standard InChI is InChI=1S/C24H19NO3S/c26-21-13-18-12-10-16-7-5-15(6-8-16)9-11-17(21)14-22(18)29-25-23(27)19-3-1-2-4-20(19)24(25)28/h1-8,13-14,26H,9-12H2. The maximum absolute atomic E-state index is 12.8. The molecule has 4 nitrogen and oxygen atoms in total. The van der Waals surface area contributed by atoms with Gasteiger partial charge in [0.2, 0.25) is 0 Å². The lowest BCUT2D eigenvalue weighted by Gasteiger charge is -2.18. The summed E-state index contributed by atoms with van der Waals surface area (Å²) in [5.74, 6) is -0.291. The molecule has 0 fully saturated rings. The average Bonchev–Trinajstić information content (AvgIpc) is 2.97. The molecule has 144 valence electrons. The van der Waals surface area contributed by atoms with Crippen LogP contribution in [0.1, 0.15) is 43.0 Å². The van der Waals surface area contributed by atoms with Crippen molar-refractivity contribution < 1.29 is 14.7 Å². The van der Waals surface area contributed by atoms with E-state index in [9.17, 15) is 14.7 Å². The number of fused-ring (bicyclic) bond motifs is 1. The van der Waals surface area contributed by atoms with Crippen LogP contribution in [0.2, 0.25) is 0 Å². The van der Waals surface area contributed by atoms with Crippen LogP contribution in [0.4, 0.5) is 0 Å². The summed E-state index contributed by atoms with van der Waals surface area (Å²) in [4.78, 5) is 26.4. The molecule has 0 atom stereocenters. The third-order valence-electron chi connectivity index (χ3n) is 5.60. The molecule has 3 aromatic rings. The van der Waals surface area contributed by atoms with E-state index in [2.05, 4.69) is 24.3 Å². The maximum atomic E-state index is 12.8. The minimum absolute atomic E-state index is 0.279. The molecule has 2 amide bonds. The highest BCUT2D eigenvalue weighted by atomic mass is 32.2. The van der Waals surface area contributed by atoms with E-state index in [0.717, 1.165) is 35.3 Å². The van der Waals surface area contributed by atoms with Crippen LogP contribution in [-0.4, -0.2) is 21.2 Å². The first kappa shape index (κ1) is 18.0. The van der Waals surface area contributed by atoms with Gasteiger partial charge in [-0.15, -0.1) is 0 Å². The lowest BCUT2D eigenvalue weighted by atomic mass is 9.96. The van der Waals surface area contributed by atoms with Crippen LogP contribution in [0.15, 0.2) is 65.6 Å². The first-order chi connectivity index (χ1) is 14.1. The van der Waals surface area contributed by atoms with Crippen LogP contribution in [0, 0.1) is 0 Å². The smallest absolute Gasteiger partial charge is 0.272 e. The van der Waals surface area contributed by atoms with E-state index in [-0.39, 0.29) is 17.6 Å². The number of carbonyl (C=O) groups excluding carboxylic acids is 2. The normalized spacial score (nSPS) is 15.4. The average molecular weight is 401 g/mol. The van der Waals surface area contributed by atoms with Crippen LogP contribution in [0.3, 0.4) is 0 Å². The number of phenols is 1. The van der Waals surface area contributed by atoms with Gasteiger partial charge < -0.3 is 5.11 Å². The summed E-state index contributed by atoms with van der Waals surface area (Å²) in [5.41, 5.74) is 5.12. The van der Waals surface area contributed by atoms with E-state index >= 15 is 0 Å².